The fourth-order valence-electron chi connectivity index (χ4n) is 3.54. The number of fused-ring (bicyclic) bond motifs is 1. The summed E-state index contributed by atoms with van der Waals surface area (Å²) in [5.41, 5.74) is 0.594. The van der Waals surface area contributed by atoms with Crippen molar-refractivity contribution in [3.8, 4) is 5.75 Å². The van der Waals surface area contributed by atoms with Crippen LogP contribution in [0.4, 0.5) is 0 Å². The van der Waals surface area contributed by atoms with E-state index in [0.29, 0.717) is 50.1 Å². The number of carbonyl (C=O) groups is 2. The standard InChI is InChI=1S/C21H25N3O3/c1-27-19-13-16-5-3-2-4-15(16)12-18(19)21(26)24-10-8-23(9-11-24)14-20(25)22-17-6-7-17/h2-5,12-13,17H,6-11,14H2,1H3,(H,22,25). The van der Waals surface area contributed by atoms with Crippen LogP contribution in [0, 0.1) is 0 Å². The van der Waals surface area contributed by atoms with Crippen molar-refractivity contribution in [3.05, 3.63) is 42.0 Å². The van der Waals surface area contributed by atoms with Gasteiger partial charge in [-0.15, -0.1) is 0 Å². The minimum Gasteiger partial charge on any atom is -0.496 e. The lowest BCUT2D eigenvalue weighted by Gasteiger charge is -2.34. The molecule has 1 aliphatic heterocycles. The highest BCUT2D eigenvalue weighted by atomic mass is 16.5. The van der Waals surface area contributed by atoms with Crippen LogP contribution in [0.5, 0.6) is 5.75 Å². The maximum atomic E-state index is 13.1. The van der Waals surface area contributed by atoms with Gasteiger partial charge >= 0.3 is 0 Å². The molecule has 0 bridgehead atoms. The van der Waals surface area contributed by atoms with Gasteiger partial charge in [-0.05, 0) is 35.7 Å². The molecule has 2 amide bonds. The zero-order valence-electron chi connectivity index (χ0n) is 15.6. The average Bonchev–Trinajstić information content (AvgIpc) is 3.50. The summed E-state index contributed by atoms with van der Waals surface area (Å²) in [5, 5.41) is 5.09. The van der Waals surface area contributed by atoms with Crippen LogP contribution in [-0.4, -0.2) is 67.5 Å². The van der Waals surface area contributed by atoms with Crippen LogP contribution in [-0.2, 0) is 4.79 Å². The molecule has 2 fully saturated rings. The van der Waals surface area contributed by atoms with Crippen molar-refractivity contribution in [1.29, 1.82) is 0 Å². The van der Waals surface area contributed by atoms with Crippen molar-refractivity contribution in [2.24, 2.45) is 0 Å². The number of methoxy groups -OCH3 is 1. The van der Waals surface area contributed by atoms with Crippen molar-refractivity contribution in [2.75, 3.05) is 39.8 Å². The second-order valence-electron chi connectivity index (χ2n) is 7.31. The van der Waals surface area contributed by atoms with Gasteiger partial charge in [0.15, 0.2) is 0 Å². The summed E-state index contributed by atoms with van der Waals surface area (Å²) in [6.45, 7) is 3.06. The molecule has 0 unspecified atom stereocenters. The quantitative estimate of drug-likeness (QED) is 0.877. The summed E-state index contributed by atoms with van der Waals surface area (Å²) in [5.74, 6) is 0.679. The van der Waals surface area contributed by atoms with E-state index in [1.54, 1.807) is 7.11 Å². The predicted octanol–water partition coefficient (Wildman–Crippen LogP) is 1.88. The highest BCUT2D eigenvalue weighted by Gasteiger charge is 2.27. The Hall–Kier alpha value is -2.60. The van der Waals surface area contributed by atoms with Crippen LogP contribution in [0.3, 0.4) is 0 Å². The van der Waals surface area contributed by atoms with E-state index in [4.69, 9.17) is 4.74 Å². The number of hydrogen-bond acceptors (Lipinski definition) is 4. The Labute approximate surface area is 159 Å². The molecule has 1 heterocycles. The Bertz CT molecular complexity index is 855. The molecule has 142 valence electrons. The van der Waals surface area contributed by atoms with Crippen molar-refractivity contribution < 1.29 is 14.3 Å². The molecule has 1 N–H and O–H groups in total. The monoisotopic (exact) mass is 367 g/mol. The Balaban J connectivity index is 1.41. The minimum absolute atomic E-state index is 0.0142. The van der Waals surface area contributed by atoms with Gasteiger partial charge in [0.1, 0.15) is 5.75 Å². The average molecular weight is 367 g/mol. The molecule has 6 heteroatoms. The third-order valence-electron chi connectivity index (χ3n) is 5.27. The topological polar surface area (TPSA) is 61.9 Å². The van der Waals surface area contributed by atoms with Gasteiger partial charge < -0.3 is 15.0 Å². The molecule has 1 aliphatic carbocycles. The van der Waals surface area contributed by atoms with E-state index in [-0.39, 0.29) is 11.8 Å². The molecule has 0 spiro atoms. The van der Waals surface area contributed by atoms with E-state index in [9.17, 15) is 9.59 Å². The minimum atomic E-state index is -0.0142. The first-order chi connectivity index (χ1) is 13.1. The molecule has 2 aromatic carbocycles. The molecule has 1 saturated carbocycles. The van der Waals surface area contributed by atoms with Crippen molar-refractivity contribution in [1.82, 2.24) is 15.1 Å². The number of ether oxygens (including phenoxy) is 1. The van der Waals surface area contributed by atoms with Crippen LogP contribution in [0.2, 0.25) is 0 Å². The Morgan fingerprint density at radius 3 is 2.37 bits per heavy atom. The number of amides is 2. The first kappa shape index (κ1) is 17.8. The fourth-order valence-corrected chi connectivity index (χ4v) is 3.54. The SMILES string of the molecule is COc1cc2ccccc2cc1C(=O)N1CCN(CC(=O)NC2CC2)CC1. The van der Waals surface area contributed by atoms with Gasteiger partial charge in [-0.1, -0.05) is 24.3 Å². The normalized spacial score (nSPS) is 17.7. The van der Waals surface area contributed by atoms with E-state index < -0.39 is 0 Å². The van der Waals surface area contributed by atoms with Crippen molar-refractivity contribution in [3.63, 3.8) is 0 Å². The van der Waals surface area contributed by atoms with Gasteiger partial charge in [-0.2, -0.15) is 0 Å². The lowest BCUT2D eigenvalue weighted by atomic mass is 10.0. The lowest BCUT2D eigenvalue weighted by molar-refractivity contribution is -0.122. The first-order valence-corrected chi connectivity index (χ1v) is 9.52. The third kappa shape index (κ3) is 4.06. The van der Waals surface area contributed by atoms with E-state index in [0.717, 1.165) is 23.6 Å². The first-order valence-electron chi connectivity index (χ1n) is 9.52. The lowest BCUT2D eigenvalue weighted by Crippen LogP contribution is -2.51. The zero-order chi connectivity index (χ0) is 18.8. The largest absolute Gasteiger partial charge is 0.496 e. The number of carbonyl (C=O) groups excluding carboxylic acids is 2. The second-order valence-corrected chi connectivity index (χ2v) is 7.31. The van der Waals surface area contributed by atoms with Gasteiger partial charge in [0.25, 0.3) is 5.91 Å². The number of nitrogens with one attached hydrogen (secondary N) is 1. The number of benzene rings is 2. The van der Waals surface area contributed by atoms with Crippen LogP contribution in [0.15, 0.2) is 36.4 Å². The smallest absolute Gasteiger partial charge is 0.257 e. The maximum Gasteiger partial charge on any atom is 0.257 e. The molecule has 2 aliphatic rings. The second kappa shape index (κ2) is 7.56. The van der Waals surface area contributed by atoms with Crippen LogP contribution in [0.1, 0.15) is 23.2 Å². The van der Waals surface area contributed by atoms with Gasteiger partial charge in [-0.25, -0.2) is 0 Å². The van der Waals surface area contributed by atoms with Gasteiger partial charge in [0.2, 0.25) is 5.91 Å². The molecule has 0 atom stereocenters. The number of nitrogens with zero attached hydrogens (tertiary/aromatic N) is 2. The van der Waals surface area contributed by atoms with Crippen LogP contribution >= 0.6 is 0 Å². The number of rotatable bonds is 5. The number of hydrogen-bond donors (Lipinski definition) is 1. The fraction of sp³-hybridized carbons (Fsp3) is 0.429. The maximum absolute atomic E-state index is 13.1. The number of piperazine rings is 1. The zero-order valence-corrected chi connectivity index (χ0v) is 15.6. The molecule has 1 saturated heterocycles. The summed E-state index contributed by atoms with van der Waals surface area (Å²) in [6, 6.07) is 12.2. The van der Waals surface area contributed by atoms with E-state index >= 15 is 0 Å². The van der Waals surface area contributed by atoms with Crippen molar-refractivity contribution in [2.45, 2.75) is 18.9 Å². The van der Waals surface area contributed by atoms with Gasteiger partial charge in [0.05, 0.1) is 19.2 Å². The van der Waals surface area contributed by atoms with E-state index in [1.165, 1.54) is 0 Å². The Morgan fingerprint density at radius 2 is 1.74 bits per heavy atom. The molecule has 0 radical (unpaired) electrons. The molecule has 2 aromatic rings. The van der Waals surface area contributed by atoms with Crippen molar-refractivity contribution >= 4 is 22.6 Å². The van der Waals surface area contributed by atoms with E-state index in [1.807, 2.05) is 41.3 Å². The molecule has 0 aromatic heterocycles. The van der Waals surface area contributed by atoms with Gasteiger partial charge in [0, 0.05) is 32.2 Å². The molecule has 27 heavy (non-hydrogen) atoms. The highest BCUT2D eigenvalue weighted by Crippen LogP contribution is 2.27. The van der Waals surface area contributed by atoms with Crippen LogP contribution < -0.4 is 10.1 Å². The summed E-state index contributed by atoms with van der Waals surface area (Å²) >= 11 is 0. The van der Waals surface area contributed by atoms with E-state index in [2.05, 4.69) is 10.2 Å². The Kier molecular flexibility index (Phi) is 4.99. The molecule has 4 rings (SSSR count). The summed E-state index contributed by atoms with van der Waals surface area (Å²) in [6.07, 6.45) is 2.20. The molecular weight excluding hydrogens is 342 g/mol. The predicted molar refractivity (Wildman–Crippen MR) is 104 cm³/mol. The Morgan fingerprint density at radius 1 is 1.07 bits per heavy atom. The summed E-state index contributed by atoms with van der Waals surface area (Å²) in [7, 11) is 1.59. The van der Waals surface area contributed by atoms with Crippen LogP contribution in [0.25, 0.3) is 10.8 Å². The summed E-state index contributed by atoms with van der Waals surface area (Å²) < 4.78 is 5.47. The molecular formula is C21H25N3O3. The van der Waals surface area contributed by atoms with Gasteiger partial charge in [-0.3, -0.25) is 14.5 Å². The molecule has 6 nitrogen and oxygen atoms in total. The third-order valence-corrected chi connectivity index (χ3v) is 5.27. The summed E-state index contributed by atoms with van der Waals surface area (Å²) in [4.78, 5) is 29.0. The highest BCUT2D eigenvalue weighted by molar-refractivity contribution is 6.01.